The first kappa shape index (κ1) is 8.99. The van der Waals surface area contributed by atoms with Crippen LogP contribution < -0.4 is 4.74 Å². The lowest BCUT2D eigenvalue weighted by Gasteiger charge is -2.06. The number of benzene rings is 1. The summed E-state index contributed by atoms with van der Waals surface area (Å²) in [4.78, 5) is 10.3. The topological polar surface area (TPSA) is 52.4 Å². The van der Waals surface area contributed by atoms with Crippen LogP contribution in [0.4, 0.5) is 5.69 Å². The van der Waals surface area contributed by atoms with Crippen molar-refractivity contribution in [1.29, 1.82) is 0 Å². The molecule has 0 N–H and O–H groups in total. The molecule has 0 aromatic heterocycles. The fraction of sp³-hybridized carbons (Fsp3) is 0.400. The normalized spacial score (nSPS) is 15.2. The first-order valence-corrected chi connectivity index (χ1v) is 4.55. The van der Waals surface area contributed by atoms with E-state index in [1.165, 1.54) is 13.2 Å². The lowest BCUT2D eigenvalue weighted by atomic mass is 10.1. The SMILES string of the molecule is COc1c(C2CC2)cccc1[N+](=O)[O-]. The van der Waals surface area contributed by atoms with Crippen LogP contribution in [-0.2, 0) is 0 Å². The lowest BCUT2D eigenvalue weighted by molar-refractivity contribution is -0.385. The second-order valence-corrected chi connectivity index (χ2v) is 3.43. The first-order valence-electron chi connectivity index (χ1n) is 4.55. The van der Waals surface area contributed by atoms with Gasteiger partial charge in [0.1, 0.15) is 0 Å². The number of rotatable bonds is 3. The minimum absolute atomic E-state index is 0.0666. The highest BCUT2D eigenvalue weighted by atomic mass is 16.6. The van der Waals surface area contributed by atoms with Crippen molar-refractivity contribution >= 4 is 5.69 Å². The molecule has 14 heavy (non-hydrogen) atoms. The largest absolute Gasteiger partial charge is 0.490 e. The van der Waals surface area contributed by atoms with Gasteiger partial charge in [-0.3, -0.25) is 10.1 Å². The molecular weight excluding hydrogens is 182 g/mol. The van der Waals surface area contributed by atoms with E-state index in [4.69, 9.17) is 4.74 Å². The third-order valence-electron chi connectivity index (χ3n) is 2.44. The van der Waals surface area contributed by atoms with Gasteiger partial charge < -0.3 is 4.74 Å². The highest BCUT2D eigenvalue weighted by Crippen LogP contribution is 2.46. The summed E-state index contributed by atoms with van der Waals surface area (Å²) in [6.07, 6.45) is 2.22. The molecule has 0 bridgehead atoms. The number of nitrogens with zero attached hydrogens (tertiary/aromatic N) is 1. The van der Waals surface area contributed by atoms with E-state index in [1.54, 1.807) is 6.07 Å². The Kier molecular flexibility index (Phi) is 2.11. The Morgan fingerprint density at radius 1 is 1.50 bits per heavy atom. The standard InChI is InChI=1S/C10H11NO3/c1-14-10-8(7-5-6-7)3-2-4-9(10)11(12)13/h2-4,7H,5-6H2,1H3. The number of ether oxygens (including phenoxy) is 1. The van der Waals surface area contributed by atoms with Gasteiger partial charge in [0.05, 0.1) is 12.0 Å². The Morgan fingerprint density at radius 2 is 2.21 bits per heavy atom. The number of para-hydroxylation sites is 1. The van der Waals surface area contributed by atoms with Gasteiger partial charge in [-0.25, -0.2) is 0 Å². The van der Waals surface area contributed by atoms with Crippen LogP contribution in [0.1, 0.15) is 24.3 Å². The summed E-state index contributed by atoms with van der Waals surface area (Å²) in [6.45, 7) is 0. The molecule has 4 nitrogen and oxygen atoms in total. The average Bonchev–Trinajstić information content (AvgIpc) is 2.99. The van der Waals surface area contributed by atoms with E-state index in [-0.39, 0.29) is 5.69 Å². The quantitative estimate of drug-likeness (QED) is 0.547. The third kappa shape index (κ3) is 1.43. The van der Waals surface area contributed by atoms with Crippen LogP contribution in [0.5, 0.6) is 5.75 Å². The van der Waals surface area contributed by atoms with E-state index in [1.807, 2.05) is 6.07 Å². The fourth-order valence-electron chi connectivity index (χ4n) is 1.62. The molecule has 74 valence electrons. The van der Waals surface area contributed by atoms with Gasteiger partial charge in [0.2, 0.25) is 0 Å². The van der Waals surface area contributed by atoms with Crippen LogP contribution in [0.2, 0.25) is 0 Å². The molecule has 0 amide bonds. The molecule has 4 heteroatoms. The molecule has 0 saturated heterocycles. The van der Waals surface area contributed by atoms with Crippen LogP contribution in [0.3, 0.4) is 0 Å². The molecule has 1 aromatic rings. The van der Waals surface area contributed by atoms with Crippen molar-refractivity contribution in [3.05, 3.63) is 33.9 Å². The summed E-state index contributed by atoms with van der Waals surface area (Å²) >= 11 is 0. The van der Waals surface area contributed by atoms with Crippen LogP contribution >= 0.6 is 0 Å². The number of hydrogen-bond acceptors (Lipinski definition) is 3. The monoisotopic (exact) mass is 193 g/mol. The predicted octanol–water partition coefficient (Wildman–Crippen LogP) is 2.48. The van der Waals surface area contributed by atoms with Gasteiger partial charge in [-0.1, -0.05) is 12.1 Å². The zero-order chi connectivity index (χ0) is 10.1. The maximum Gasteiger partial charge on any atom is 0.311 e. The smallest absolute Gasteiger partial charge is 0.311 e. The molecule has 0 radical (unpaired) electrons. The maximum atomic E-state index is 10.7. The molecule has 1 saturated carbocycles. The summed E-state index contributed by atoms with van der Waals surface area (Å²) in [5, 5.41) is 10.7. The van der Waals surface area contributed by atoms with Crippen LogP contribution in [-0.4, -0.2) is 12.0 Å². The third-order valence-corrected chi connectivity index (χ3v) is 2.44. The van der Waals surface area contributed by atoms with Crippen molar-refractivity contribution in [1.82, 2.24) is 0 Å². The van der Waals surface area contributed by atoms with E-state index in [0.29, 0.717) is 11.7 Å². The highest BCUT2D eigenvalue weighted by Gasteiger charge is 2.30. The van der Waals surface area contributed by atoms with Crippen molar-refractivity contribution < 1.29 is 9.66 Å². The van der Waals surface area contributed by atoms with Gasteiger partial charge in [-0.2, -0.15) is 0 Å². The molecule has 0 atom stereocenters. The molecule has 2 rings (SSSR count). The Bertz CT molecular complexity index is 372. The van der Waals surface area contributed by atoms with Crippen molar-refractivity contribution in [2.75, 3.05) is 7.11 Å². The number of nitro groups is 1. The molecule has 1 fully saturated rings. The minimum atomic E-state index is -0.398. The molecule has 1 aliphatic rings. The summed E-state index contributed by atoms with van der Waals surface area (Å²) in [5.41, 5.74) is 1.04. The van der Waals surface area contributed by atoms with E-state index in [9.17, 15) is 10.1 Å². The van der Waals surface area contributed by atoms with E-state index in [2.05, 4.69) is 0 Å². The summed E-state index contributed by atoms with van der Waals surface area (Å²) < 4.78 is 5.10. The molecule has 1 aliphatic carbocycles. The Labute approximate surface area is 81.7 Å². The Hall–Kier alpha value is -1.58. The van der Waals surface area contributed by atoms with Crippen LogP contribution in [0, 0.1) is 10.1 Å². The van der Waals surface area contributed by atoms with Gasteiger partial charge >= 0.3 is 5.69 Å². The molecule has 0 unspecified atom stereocenters. The van der Waals surface area contributed by atoms with Gasteiger partial charge in [0, 0.05) is 11.6 Å². The lowest BCUT2D eigenvalue weighted by Crippen LogP contribution is -1.96. The molecule has 0 aliphatic heterocycles. The highest BCUT2D eigenvalue weighted by molar-refractivity contribution is 5.53. The number of nitro benzene ring substituents is 1. The van der Waals surface area contributed by atoms with Crippen LogP contribution in [0.25, 0.3) is 0 Å². The van der Waals surface area contributed by atoms with Gasteiger partial charge in [0.15, 0.2) is 5.75 Å². The van der Waals surface area contributed by atoms with Crippen molar-refractivity contribution in [3.63, 3.8) is 0 Å². The predicted molar refractivity (Wildman–Crippen MR) is 51.6 cm³/mol. The van der Waals surface area contributed by atoms with E-state index >= 15 is 0 Å². The van der Waals surface area contributed by atoms with Crippen molar-refractivity contribution in [2.24, 2.45) is 0 Å². The zero-order valence-electron chi connectivity index (χ0n) is 7.90. The summed E-state index contributed by atoms with van der Waals surface area (Å²) in [7, 11) is 1.48. The zero-order valence-corrected chi connectivity index (χ0v) is 7.90. The van der Waals surface area contributed by atoms with Gasteiger partial charge in [-0.15, -0.1) is 0 Å². The van der Waals surface area contributed by atoms with Crippen molar-refractivity contribution in [2.45, 2.75) is 18.8 Å². The summed E-state index contributed by atoms with van der Waals surface area (Å²) in [6, 6.07) is 5.10. The van der Waals surface area contributed by atoms with Gasteiger partial charge in [-0.05, 0) is 18.8 Å². The molecular formula is C10H11NO3. The Morgan fingerprint density at radius 3 is 2.71 bits per heavy atom. The number of hydrogen-bond donors (Lipinski definition) is 0. The van der Waals surface area contributed by atoms with E-state index in [0.717, 1.165) is 18.4 Å². The Balaban J connectivity index is 2.49. The summed E-state index contributed by atoms with van der Waals surface area (Å²) in [5.74, 6) is 0.893. The molecule has 0 spiro atoms. The van der Waals surface area contributed by atoms with Crippen molar-refractivity contribution in [3.8, 4) is 5.75 Å². The average molecular weight is 193 g/mol. The van der Waals surface area contributed by atoms with E-state index < -0.39 is 4.92 Å². The first-order chi connectivity index (χ1) is 6.74. The fourth-order valence-corrected chi connectivity index (χ4v) is 1.62. The second kappa shape index (κ2) is 3.29. The van der Waals surface area contributed by atoms with Gasteiger partial charge in [0.25, 0.3) is 0 Å². The number of methoxy groups -OCH3 is 1. The molecule has 1 aromatic carbocycles. The second-order valence-electron chi connectivity index (χ2n) is 3.43. The van der Waals surface area contributed by atoms with Crippen LogP contribution in [0.15, 0.2) is 18.2 Å². The minimum Gasteiger partial charge on any atom is -0.490 e. The molecule has 0 heterocycles. The maximum absolute atomic E-state index is 10.7.